The number of pyridine rings is 1. The maximum atomic E-state index is 12.2. The molecule has 0 aromatic carbocycles. The molecule has 0 radical (unpaired) electrons. The molecule has 0 spiro atoms. The summed E-state index contributed by atoms with van der Waals surface area (Å²) >= 11 is 0. The fraction of sp³-hybridized carbons (Fsp3) is 0.364. The normalized spacial score (nSPS) is 15.4. The predicted octanol–water partition coefficient (Wildman–Crippen LogP) is -0.305. The molecule has 2 rings (SSSR count). The molecule has 0 aliphatic carbocycles. The molecule has 6 heteroatoms. The number of carbonyl (C=O) groups excluding carboxylic acids is 2. The van der Waals surface area contributed by atoms with Gasteiger partial charge in [0.1, 0.15) is 5.82 Å². The number of carbonyl (C=O) groups is 2. The summed E-state index contributed by atoms with van der Waals surface area (Å²) in [6.45, 7) is 1.14. The first-order valence-electron chi connectivity index (χ1n) is 5.41. The number of hydrogen-bond donors (Lipinski definition) is 2. The summed E-state index contributed by atoms with van der Waals surface area (Å²) in [5.41, 5.74) is 0.490. The Morgan fingerprint density at radius 1 is 1.59 bits per heavy atom. The van der Waals surface area contributed by atoms with Crippen LogP contribution >= 0.6 is 0 Å². The maximum absolute atomic E-state index is 12.2. The van der Waals surface area contributed by atoms with Gasteiger partial charge in [0, 0.05) is 26.3 Å². The van der Waals surface area contributed by atoms with Crippen LogP contribution in [-0.2, 0) is 4.79 Å². The number of anilines is 1. The van der Waals surface area contributed by atoms with Gasteiger partial charge < -0.3 is 15.5 Å². The van der Waals surface area contributed by atoms with Crippen LogP contribution in [-0.4, -0.2) is 48.4 Å². The van der Waals surface area contributed by atoms with Crippen molar-refractivity contribution in [3.05, 3.63) is 23.9 Å². The third-order valence-corrected chi connectivity index (χ3v) is 2.60. The van der Waals surface area contributed by atoms with E-state index in [4.69, 9.17) is 0 Å². The molecule has 17 heavy (non-hydrogen) atoms. The summed E-state index contributed by atoms with van der Waals surface area (Å²) in [6.07, 6.45) is 1.62. The topological polar surface area (TPSA) is 74.3 Å². The number of aromatic nitrogens is 1. The molecule has 90 valence electrons. The average Bonchev–Trinajstić information content (AvgIpc) is 2.38. The van der Waals surface area contributed by atoms with Gasteiger partial charge in [-0.15, -0.1) is 0 Å². The van der Waals surface area contributed by atoms with Crippen molar-refractivity contribution in [2.75, 3.05) is 32.0 Å². The van der Waals surface area contributed by atoms with Crippen molar-refractivity contribution in [3.8, 4) is 0 Å². The lowest BCUT2D eigenvalue weighted by molar-refractivity contribution is -0.123. The summed E-state index contributed by atoms with van der Waals surface area (Å²) in [4.78, 5) is 29.0. The van der Waals surface area contributed by atoms with Crippen LogP contribution in [0, 0.1) is 0 Å². The molecular weight excluding hydrogens is 220 g/mol. The zero-order chi connectivity index (χ0) is 12.3. The van der Waals surface area contributed by atoms with Crippen LogP contribution in [0.2, 0.25) is 0 Å². The van der Waals surface area contributed by atoms with Gasteiger partial charge in [0.05, 0.1) is 12.1 Å². The van der Waals surface area contributed by atoms with Gasteiger partial charge in [-0.3, -0.25) is 9.59 Å². The van der Waals surface area contributed by atoms with Crippen LogP contribution in [0.3, 0.4) is 0 Å². The van der Waals surface area contributed by atoms with Crippen LogP contribution in [0.5, 0.6) is 0 Å². The van der Waals surface area contributed by atoms with E-state index in [1.165, 1.54) is 4.90 Å². The fourth-order valence-electron chi connectivity index (χ4n) is 1.76. The Balaban J connectivity index is 2.21. The largest absolute Gasteiger partial charge is 0.372 e. The standard InChI is InChI=1S/C11H14N4O2/c1-12-10-8(3-2-4-14-10)11(17)15-6-5-13-9(16)7-15/h2-4H,5-7H2,1H3,(H,12,14)(H,13,16). The number of piperazine rings is 1. The van der Waals surface area contributed by atoms with E-state index in [1.54, 1.807) is 25.4 Å². The Morgan fingerprint density at radius 3 is 3.12 bits per heavy atom. The van der Waals surface area contributed by atoms with Crippen molar-refractivity contribution in [3.63, 3.8) is 0 Å². The van der Waals surface area contributed by atoms with E-state index in [2.05, 4.69) is 15.6 Å². The summed E-state index contributed by atoms with van der Waals surface area (Å²) in [7, 11) is 1.71. The molecule has 1 aliphatic rings. The highest BCUT2D eigenvalue weighted by molar-refractivity contribution is 6.00. The van der Waals surface area contributed by atoms with Crippen LogP contribution in [0.4, 0.5) is 5.82 Å². The molecule has 1 aromatic rings. The van der Waals surface area contributed by atoms with Crippen molar-refractivity contribution in [2.45, 2.75) is 0 Å². The third kappa shape index (κ3) is 2.35. The molecule has 1 aromatic heterocycles. The van der Waals surface area contributed by atoms with Gasteiger partial charge in [0.2, 0.25) is 5.91 Å². The summed E-state index contributed by atoms with van der Waals surface area (Å²) in [6, 6.07) is 3.41. The molecule has 2 amide bonds. The highest BCUT2D eigenvalue weighted by atomic mass is 16.2. The Labute approximate surface area is 99.0 Å². The number of hydrogen-bond acceptors (Lipinski definition) is 4. The van der Waals surface area contributed by atoms with Gasteiger partial charge in [-0.1, -0.05) is 0 Å². The fourth-order valence-corrected chi connectivity index (χ4v) is 1.76. The second-order valence-corrected chi connectivity index (χ2v) is 3.73. The van der Waals surface area contributed by atoms with Crippen LogP contribution in [0.1, 0.15) is 10.4 Å². The average molecular weight is 234 g/mol. The van der Waals surface area contributed by atoms with Gasteiger partial charge in [0.25, 0.3) is 5.91 Å². The van der Waals surface area contributed by atoms with Gasteiger partial charge in [0.15, 0.2) is 0 Å². The van der Waals surface area contributed by atoms with E-state index >= 15 is 0 Å². The van der Waals surface area contributed by atoms with Crippen molar-refractivity contribution in [2.24, 2.45) is 0 Å². The Morgan fingerprint density at radius 2 is 2.41 bits per heavy atom. The van der Waals surface area contributed by atoms with Gasteiger partial charge in [-0.25, -0.2) is 4.98 Å². The number of nitrogens with one attached hydrogen (secondary N) is 2. The smallest absolute Gasteiger partial charge is 0.258 e. The second kappa shape index (κ2) is 4.82. The van der Waals surface area contributed by atoms with E-state index in [0.717, 1.165) is 0 Å². The summed E-state index contributed by atoms with van der Waals surface area (Å²) in [5.74, 6) is 0.236. The minimum Gasteiger partial charge on any atom is -0.372 e. The van der Waals surface area contributed by atoms with E-state index in [1.807, 2.05) is 0 Å². The first-order chi connectivity index (χ1) is 8.22. The van der Waals surface area contributed by atoms with Gasteiger partial charge >= 0.3 is 0 Å². The van der Waals surface area contributed by atoms with E-state index in [9.17, 15) is 9.59 Å². The van der Waals surface area contributed by atoms with Gasteiger partial charge in [-0.05, 0) is 12.1 Å². The molecule has 0 atom stereocenters. The van der Waals surface area contributed by atoms with Crippen LogP contribution in [0.25, 0.3) is 0 Å². The highest BCUT2D eigenvalue weighted by Crippen LogP contribution is 2.14. The minimum atomic E-state index is -0.169. The molecule has 1 fully saturated rings. The van der Waals surface area contributed by atoms with Crippen LogP contribution in [0.15, 0.2) is 18.3 Å². The lowest BCUT2D eigenvalue weighted by Crippen LogP contribution is -2.50. The summed E-state index contributed by atoms with van der Waals surface area (Å²) < 4.78 is 0. The van der Waals surface area contributed by atoms with Crippen molar-refractivity contribution in [1.82, 2.24) is 15.2 Å². The first-order valence-corrected chi connectivity index (χ1v) is 5.41. The number of nitrogens with zero attached hydrogens (tertiary/aromatic N) is 2. The molecule has 1 aliphatic heterocycles. The van der Waals surface area contributed by atoms with E-state index < -0.39 is 0 Å². The zero-order valence-electron chi connectivity index (χ0n) is 9.56. The molecule has 0 unspecified atom stereocenters. The van der Waals surface area contributed by atoms with Crippen molar-refractivity contribution in [1.29, 1.82) is 0 Å². The van der Waals surface area contributed by atoms with E-state index in [0.29, 0.717) is 24.5 Å². The van der Waals surface area contributed by atoms with Crippen LogP contribution < -0.4 is 10.6 Å². The Hall–Kier alpha value is -2.11. The van der Waals surface area contributed by atoms with Gasteiger partial charge in [-0.2, -0.15) is 0 Å². The molecule has 2 heterocycles. The highest BCUT2D eigenvalue weighted by Gasteiger charge is 2.24. The Bertz CT molecular complexity index is 447. The number of amides is 2. The second-order valence-electron chi connectivity index (χ2n) is 3.73. The lowest BCUT2D eigenvalue weighted by atomic mass is 10.2. The Kier molecular flexibility index (Phi) is 3.22. The molecule has 0 bridgehead atoms. The predicted molar refractivity (Wildman–Crippen MR) is 62.7 cm³/mol. The summed E-state index contributed by atoms with van der Waals surface area (Å²) in [5, 5.41) is 5.55. The monoisotopic (exact) mass is 234 g/mol. The zero-order valence-corrected chi connectivity index (χ0v) is 9.56. The molecular formula is C11H14N4O2. The quantitative estimate of drug-likeness (QED) is 0.736. The van der Waals surface area contributed by atoms with Crippen molar-refractivity contribution >= 4 is 17.6 Å². The molecule has 2 N–H and O–H groups in total. The lowest BCUT2D eigenvalue weighted by Gasteiger charge is -2.27. The third-order valence-electron chi connectivity index (χ3n) is 2.60. The molecule has 1 saturated heterocycles. The number of rotatable bonds is 2. The molecule has 6 nitrogen and oxygen atoms in total. The van der Waals surface area contributed by atoms with Crippen molar-refractivity contribution < 1.29 is 9.59 Å². The first kappa shape index (κ1) is 11.4. The minimum absolute atomic E-state index is 0.108. The maximum Gasteiger partial charge on any atom is 0.258 e. The SMILES string of the molecule is CNc1ncccc1C(=O)N1CCNC(=O)C1. The van der Waals surface area contributed by atoms with E-state index in [-0.39, 0.29) is 18.4 Å². The molecule has 0 saturated carbocycles.